The van der Waals surface area contributed by atoms with Crippen molar-refractivity contribution in [2.45, 2.75) is 12.1 Å². The third kappa shape index (κ3) is 0.747. The summed E-state index contributed by atoms with van der Waals surface area (Å²) in [5.41, 5.74) is 5.49. The molecule has 16 heavy (non-hydrogen) atoms. The van der Waals surface area contributed by atoms with E-state index in [-0.39, 0.29) is 0 Å². The lowest BCUT2D eigenvalue weighted by molar-refractivity contribution is 0.288. The van der Waals surface area contributed by atoms with Crippen molar-refractivity contribution in [3.63, 3.8) is 0 Å². The number of benzene rings is 1. The van der Waals surface area contributed by atoms with Gasteiger partial charge in [0.1, 0.15) is 0 Å². The molecule has 0 saturated carbocycles. The summed E-state index contributed by atoms with van der Waals surface area (Å²) in [6, 6.07) is 9.50. The molecule has 2 aliphatic heterocycles. The molecule has 0 aliphatic carbocycles. The van der Waals surface area contributed by atoms with Crippen LogP contribution in [0.4, 0.5) is 0 Å². The first-order valence-corrected chi connectivity index (χ1v) is 5.61. The lowest BCUT2D eigenvalue weighted by Gasteiger charge is -2.16. The third-order valence-corrected chi connectivity index (χ3v) is 3.93. The van der Waals surface area contributed by atoms with Crippen LogP contribution in [0.1, 0.15) is 34.6 Å². The van der Waals surface area contributed by atoms with Crippen LogP contribution in [0.3, 0.4) is 0 Å². The summed E-state index contributed by atoms with van der Waals surface area (Å²) in [5.74, 6) is 0. The minimum atomic E-state index is 0.373. The first-order valence-electron chi connectivity index (χ1n) is 5.61. The molecule has 2 unspecified atom stereocenters. The number of hydrogen-bond acceptors (Lipinski definition) is 2. The molecule has 4 rings (SSSR count). The van der Waals surface area contributed by atoms with Crippen molar-refractivity contribution in [3.05, 3.63) is 53.1 Å². The fourth-order valence-electron chi connectivity index (χ4n) is 3.28. The summed E-state index contributed by atoms with van der Waals surface area (Å²) < 4.78 is 2.16. The molecular weight excluding hydrogens is 198 g/mol. The number of aryl methyl sites for hydroxylation is 1. The zero-order valence-corrected chi connectivity index (χ0v) is 9.38. The van der Waals surface area contributed by atoms with Gasteiger partial charge in [-0.1, -0.05) is 24.3 Å². The maximum Gasteiger partial charge on any atom is 0.0950 e. The predicted octanol–water partition coefficient (Wildman–Crippen LogP) is 1.86. The van der Waals surface area contributed by atoms with Gasteiger partial charge in [-0.05, 0) is 18.2 Å². The number of aromatic nitrogens is 2. The van der Waals surface area contributed by atoms with Crippen LogP contribution >= 0.6 is 0 Å². The number of fused-ring (bicyclic) bond motifs is 8. The highest BCUT2D eigenvalue weighted by Crippen LogP contribution is 2.54. The van der Waals surface area contributed by atoms with Gasteiger partial charge in [-0.3, -0.25) is 4.90 Å². The largest absolute Gasteiger partial charge is 0.336 e. The van der Waals surface area contributed by atoms with E-state index in [0.29, 0.717) is 12.1 Å². The lowest BCUT2D eigenvalue weighted by Crippen LogP contribution is -2.16. The Bertz CT molecular complexity index is 585. The monoisotopic (exact) mass is 211 g/mol. The summed E-state index contributed by atoms with van der Waals surface area (Å²) in [4.78, 5) is 6.97. The molecule has 0 N–H and O–H groups in total. The Kier molecular flexibility index (Phi) is 1.36. The smallest absolute Gasteiger partial charge is 0.0950 e. The van der Waals surface area contributed by atoms with Crippen LogP contribution in [0.5, 0.6) is 0 Å². The Morgan fingerprint density at radius 2 is 1.75 bits per heavy atom. The maximum absolute atomic E-state index is 4.55. The molecule has 0 fully saturated rings. The van der Waals surface area contributed by atoms with E-state index in [1.54, 1.807) is 0 Å². The highest BCUT2D eigenvalue weighted by Gasteiger charge is 2.48. The zero-order chi connectivity index (χ0) is 10.9. The second kappa shape index (κ2) is 2.55. The molecular formula is C13H13N3. The molecule has 1 aromatic carbocycles. The lowest BCUT2D eigenvalue weighted by atomic mass is 9.92. The van der Waals surface area contributed by atoms with Gasteiger partial charge in [-0.15, -0.1) is 0 Å². The van der Waals surface area contributed by atoms with Crippen molar-refractivity contribution in [2.75, 3.05) is 7.05 Å². The summed E-state index contributed by atoms with van der Waals surface area (Å²) in [6.07, 6.45) is 1.93. The van der Waals surface area contributed by atoms with Crippen molar-refractivity contribution < 1.29 is 0 Å². The van der Waals surface area contributed by atoms with E-state index in [1.165, 1.54) is 22.5 Å². The van der Waals surface area contributed by atoms with Gasteiger partial charge in [0.05, 0.1) is 29.8 Å². The minimum absolute atomic E-state index is 0.373. The van der Waals surface area contributed by atoms with E-state index >= 15 is 0 Å². The molecule has 2 aromatic rings. The molecule has 0 amide bonds. The van der Waals surface area contributed by atoms with E-state index in [2.05, 4.69) is 52.8 Å². The Hall–Kier alpha value is -1.61. The van der Waals surface area contributed by atoms with E-state index in [0.717, 1.165) is 0 Å². The summed E-state index contributed by atoms with van der Waals surface area (Å²) >= 11 is 0. The van der Waals surface area contributed by atoms with Gasteiger partial charge >= 0.3 is 0 Å². The second-order valence-corrected chi connectivity index (χ2v) is 4.73. The normalized spacial score (nSPS) is 25.9. The highest BCUT2D eigenvalue weighted by atomic mass is 15.3. The Labute approximate surface area is 94.3 Å². The molecule has 0 radical (unpaired) electrons. The van der Waals surface area contributed by atoms with Crippen LogP contribution in [-0.4, -0.2) is 21.5 Å². The van der Waals surface area contributed by atoms with Gasteiger partial charge in [-0.2, -0.15) is 0 Å². The average molecular weight is 211 g/mol. The molecule has 3 heterocycles. The van der Waals surface area contributed by atoms with E-state index in [9.17, 15) is 0 Å². The Morgan fingerprint density at radius 1 is 1.06 bits per heavy atom. The fraction of sp³-hybridized carbons (Fsp3) is 0.308. The number of hydrogen-bond donors (Lipinski definition) is 0. The first-order chi connectivity index (χ1) is 7.79. The topological polar surface area (TPSA) is 21.1 Å². The Balaban J connectivity index is 2.05. The predicted molar refractivity (Wildman–Crippen MR) is 61.1 cm³/mol. The molecule has 2 atom stereocenters. The molecule has 3 heteroatoms. The summed E-state index contributed by atoms with van der Waals surface area (Å²) in [6.45, 7) is 0. The first kappa shape index (κ1) is 8.53. The van der Waals surface area contributed by atoms with E-state index in [4.69, 9.17) is 0 Å². The summed E-state index contributed by atoms with van der Waals surface area (Å²) in [5, 5.41) is 0. The molecule has 0 saturated heterocycles. The highest BCUT2D eigenvalue weighted by molar-refractivity contribution is 5.53. The molecule has 2 bridgehead atoms. The zero-order valence-electron chi connectivity index (χ0n) is 9.38. The van der Waals surface area contributed by atoms with Crippen LogP contribution in [0.2, 0.25) is 0 Å². The SMILES string of the molecule is CN1C2c3ccccc3C1c1c2ncn1C. The molecule has 3 nitrogen and oxygen atoms in total. The van der Waals surface area contributed by atoms with Crippen LogP contribution in [0, 0.1) is 0 Å². The maximum atomic E-state index is 4.55. The van der Waals surface area contributed by atoms with Crippen LogP contribution in [0.15, 0.2) is 30.6 Å². The van der Waals surface area contributed by atoms with Gasteiger partial charge in [0.25, 0.3) is 0 Å². The molecule has 0 spiro atoms. The van der Waals surface area contributed by atoms with Crippen molar-refractivity contribution in [1.82, 2.24) is 14.5 Å². The fourth-order valence-corrected chi connectivity index (χ4v) is 3.28. The number of rotatable bonds is 0. The van der Waals surface area contributed by atoms with Crippen molar-refractivity contribution in [3.8, 4) is 0 Å². The van der Waals surface area contributed by atoms with Crippen molar-refractivity contribution in [1.29, 1.82) is 0 Å². The molecule has 2 aliphatic rings. The van der Waals surface area contributed by atoms with Gasteiger partial charge in [0.2, 0.25) is 0 Å². The second-order valence-electron chi connectivity index (χ2n) is 4.73. The van der Waals surface area contributed by atoms with Crippen LogP contribution in [-0.2, 0) is 7.05 Å². The van der Waals surface area contributed by atoms with Crippen molar-refractivity contribution >= 4 is 0 Å². The van der Waals surface area contributed by atoms with Crippen LogP contribution in [0.25, 0.3) is 0 Å². The minimum Gasteiger partial charge on any atom is -0.336 e. The summed E-state index contributed by atoms with van der Waals surface area (Å²) in [7, 11) is 4.28. The van der Waals surface area contributed by atoms with Gasteiger partial charge in [-0.25, -0.2) is 4.98 Å². The van der Waals surface area contributed by atoms with Gasteiger partial charge in [0.15, 0.2) is 0 Å². The third-order valence-electron chi connectivity index (χ3n) is 3.93. The Morgan fingerprint density at radius 3 is 2.50 bits per heavy atom. The van der Waals surface area contributed by atoms with E-state index in [1.807, 2.05) is 6.33 Å². The van der Waals surface area contributed by atoms with E-state index < -0.39 is 0 Å². The standard InChI is InChI=1S/C13H13N3/c1-15-7-14-10-11-8-5-3-4-6-9(8)12(13(10)15)16(11)2/h3-7,11-12H,1-2H3. The molecule has 1 aromatic heterocycles. The number of nitrogens with zero attached hydrogens (tertiary/aromatic N) is 3. The van der Waals surface area contributed by atoms with Gasteiger partial charge < -0.3 is 4.57 Å². The number of imidazole rings is 1. The average Bonchev–Trinajstić information content (AvgIpc) is 2.88. The quantitative estimate of drug-likeness (QED) is 0.663. The van der Waals surface area contributed by atoms with Crippen LogP contribution < -0.4 is 0 Å². The van der Waals surface area contributed by atoms with Gasteiger partial charge in [0, 0.05) is 7.05 Å². The molecule has 80 valence electrons. The van der Waals surface area contributed by atoms with Crippen molar-refractivity contribution in [2.24, 2.45) is 7.05 Å².